The molecule has 1 unspecified atom stereocenters. The van der Waals surface area contributed by atoms with Gasteiger partial charge in [-0.25, -0.2) is 0 Å². The van der Waals surface area contributed by atoms with Crippen molar-refractivity contribution in [3.05, 3.63) is 29.8 Å². The van der Waals surface area contributed by atoms with Gasteiger partial charge >= 0.3 is 0 Å². The number of benzene rings is 1. The van der Waals surface area contributed by atoms with E-state index in [1.54, 1.807) is 19.2 Å². The maximum atomic E-state index is 12.2. The Hall–Kier alpha value is -1.30. The molecular formula is C16H25ClN2O3. The van der Waals surface area contributed by atoms with Crippen molar-refractivity contribution in [2.24, 2.45) is 5.73 Å². The third kappa shape index (κ3) is 4.35. The number of para-hydroxylation sites is 1. The summed E-state index contributed by atoms with van der Waals surface area (Å²) in [6.07, 6.45) is 3.72. The Kier molecular flexibility index (Phi) is 7.13. The van der Waals surface area contributed by atoms with Gasteiger partial charge in [0.1, 0.15) is 5.75 Å². The number of aliphatic hydroxyl groups is 1. The van der Waals surface area contributed by atoms with Crippen molar-refractivity contribution in [3.63, 3.8) is 0 Å². The van der Waals surface area contributed by atoms with E-state index in [9.17, 15) is 9.90 Å². The lowest BCUT2D eigenvalue weighted by atomic mass is 9.82. The molecule has 0 radical (unpaired) electrons. The topological polar surface area (TPSA) is 84.6 Å². The minimum absolute atomic E-state index is 0. The van der Waals surface area contributed by atoms with E-state index in [-0.39, 0.29) is 24.9 Å². The normalized spacial score (nSPS) is 18.0. The van der Waals surface area contributed by atoms with Crippen molar-refractivity contribution < 1.29 is 14.6 Å². The van der Waals surface area contributed by atoms with Crippen LogP contribution in [0.5, 0.6) is 5.75 Å². The number of amides is 1. The predicted molar refractivity (Wildman–Crippen MR) is 88.2 cm³/mol. The number of carbonyl (C=O) groups is 1. The molecule has 4 N–H and O–H groups in total. The van der Waals surface area contributed by atoms with Crippen LogP contribution in [0.15, 0.2) is 24.3 Å². The standard InChI is InChI=1S/C16H24N2O3.ClH/c1-21-14-8-4-3-7-12(14)13(19)11-18-15(20)16(17)9-5-2-6-10-16;/h3-4,7-8,13,19H,2,5-6,9-11,17H2,1H3,(H,18,20);1H. The number of nitrogens with two attached hydrogens (primary N) is 1. The zero-order valence-electron chi connectivity index (χ0n) is 12.9. The number of aliphatic hydroxyl groups excluding tert-OH is 1. The largest absolute Gasteiger partial charge is 0.496 e. The molecule has 22 heavy (non-hydrogen) atoms. The van der Waals surface area contributed by atoms with Gasteiger partial charge < -0.3 is 20.9 Å². The molecule has 1 saturated carbocycles. The molecule has 1 aliphatic rings. The van der Waals surface area contributed by atoms with Gasteiger partial charge in [-0.05, 0) is 18.9 Å². The summed E-state index contributed by atoms with van der Waals surface area (Å²) in [5, 5.41) is 13.0. The van der Waals surface area contributed by atoms with Crippen LogP contribution in [0, 0.1) is 0 Å². The van der Waals surface area contributed by atoms with Crippen LogP contribution in [0.3, 0.4) is 0 Å². The maximum absolute atomic E-state index is 12.2. The van der Waals surface area contributed by atoms with Crippen LogP contribution < -0.4 is 15.8 Å². The minimum Gasteiger partial charge on any atom is -0.496 e. The van der Waals surface area contributed by atoms with Gasteiger partial charge in [-0.3, -0.25) is 4.79 Å². The summed E-state index contributed by atoms with van der Waals surface area (Å²) in [4.78, 5) is 12.2. The summed E-state index contributed by atoms with van der Waals surface area (Å²) in [6, 6.07) is 7.24. The van der Waals surface area contributed by atoms with Gasteiger partial charge in [0.25, 0.3) is 0 Å². The minimum atomic E-state index is -0.808. The molecule has 2 rings (SSSR count). The smallest absolute Gasteiger partial charge is 0.240 e. The molecule has 124 valence electrons. The van der Waals surface area contributed by atoms with Crippen LogP contribution in [0.1, 0.15) is 43.8 Å². The molecule has 1 aliphatic carbocycles. The molecule has 1 aromatic carbocycles. The fraction of sp³-hybridized carbons (Fsp3) is 0.562. The van der Waals surface area contributed by atoms with E-state index in [1.165, 1.54) is 0 Å². The molecule has 0 heterocycles. The lowest BCUT2D eigenvalue weighted by molar-refractivity contribution is -0.128. The summed E-state index contributed by atoms with van der Waals surface area (Å²) >= 11 is 0. The number of halogens is 1. The summed E-state index contributed by atoms with van der Waals surface area (Å²) in [7, 11) is 1.56. The number of hydrogen-bond acceptors (Lipinski definition) is 4. The van der Waals surface area contributed by atoms with Crippen LogP contribution in [-0.4, -0.2) is 30.2 Å². The number of nitrogens with one attached hydrogen (secondary N) is 1. The SMILES string of the molecule is COc1ccccc1C(O)CNC(=O)C1(N)CCCCC1.Cl. The van der Waals surface area contributed by atoms with Crippen molar-refractivity contribution in [3.8, 4) is 5.75 Å². The van der Waals surface area contributed by atoms with E-state index in [0.29, 0.717) is 24.2 Å². The Morgan fingerprint density at radius 3 is 2.64 bits per heavy atom. The van der Waals surface area contributed by atoms with Crippen molar-refractivity contribution in [2.45, 2.75) is 43.7 Å². The monoisotopic (exact) mass is 328 g/mol. The average molecular weight is 329 g/mol. The van der Waals surface area contributed by atoms with Gasteiger partial charge in [-0.2, -0.15) is 0 Å². The van der Waals surface area contributed by atoms with Gasteiger partial charge in [0, 0.05) is 12.1 Å². The number of carbonyl (C=O) groups excluding carboxylic acids is 1. The molecule has 1 amide bonds. The van der Waals surface area contributed by atoms with E-state index in [2.05, 4.69) is 5.32 Å². The summed E-state index contributed by atoms with van der Waals surface area (Å²) in [5.41, 5.74) is 6.05. The lowest BCUT2D eigenvalue weighted by Gasteiger charge is -2.32. The van der Waals surface area contributed by atoms with Crippen molar-refractivity contribution in [1.82, 2.24) is 5.32 Å². The van der Waals surface area contributed by atoms with Gasteiger partial charge in [0.15, 0.2) is 0 Å². The number of methoxy groups -OCH3 is 1. The Balaban J connectivity index is 0.00000242. The van der Waals surface area contributed by atoms with Crippen molar-refractivity contribution >= 4 is 18.3 Å². The summed E-state index contributed by atoms with van der Waals surface area (Å²) in [5.74, 6) is 0.440. The van der Waals surface area contributed by atoms with Gasteiger partial charge in [0.05, 0.1) is 18.8 Å². The van der Waals surface area contributed by atoms with Crippen LogP contribution in [0.4, 0.5) is 0 Å². The molecule has 1 fully saturated rings. The number of hydrogen-bond donors (Lipinski definition) is 3. The Morgan fingerprint density at radius 1 is 1.36 bits per heavy atom. The molecule has 1 aromatic rings. The van der Waals surface area contributed by atoms with Crippen molar-refractivity contribution in [1.29, 1.82) is 0 Å². The number of ether oxygens (including phenoxy) is 1. The molecule has 6 heteroatoms. The van der Waals surface area contributed by atoms with Crippen LogP contribution in [0.25, 0.3) is 0 Å². The maximum Gasteiger partial charge on any atom is 0.240 e. The highest BCUT2D eigenvalue weighted by molar-refractivity contribution is 5.86. The van der Waals surface area contributed by atoms with E-state index >= 15 is 0 Å². The fourth-order valence-electron chi connectivity index (χ4n) is 2.83. The first kappa shape index (κ1) is 18.7. The fourth-order valence-corrected chi connectivity index (χ4v) is 2.83. The third-order valence-electron chi connectivity index (χ3n) is 4.15. The van der Waals surface area contributed by atoms with Crippen LogP contribution >= 0.6 is 12.4 Å². The second-order valence-electron chi connectivity index (χ2n) is 5.68. The quantitative estimate of drug-likeness (QED) is 0.771. The Labute approximate surface area is 137 Å². The highest BCUT2D eigenvalue weighted by Crippen LogP contribution is 2.27. The molecule has 5 nitrogen and oxygen atoms in total. The van der Waals surface area contributed by atoms with E-state index in [0.717, 1.165) is 19.3 Å². The first-order valence-electron chi connectivity index (χ1n) is 7.45. The third-order valence-corrected chi connectivity index (χ3v) is 4.15. The number of rotatable bonds is 5. The Bertz CT molecular complexity index is 490. The zero-order valence-corrected chi connectivity index (χ0v) is 13.7. The molecule has 0 aromatic heterocycles. The molecular weight excluding hydrogens is 304 g/mol. The average Bonchev–Trinajstić information content (AvgIpc) is 2.52. The van der Waals surface area contributed by atoms with E-state index in [4.69, 9.17) is 10.5 Å². The highest BCUT2D eigenvalue weighted by Gasteiger charge is 2.35. The van der Waals surface area contributed by atoms with Crippen LogP contribution in [-0.2, 0) is 4.79 Å². The first-order chi connectivity index (χ1) is 10.1. The molecule has 0 aliphatic heterocycles. The molecule has 0 spiro atoms. The predicted octanol–water partition coefficient (Wildman–Crippen LogP) is 1.93. The second-order valence-corrected chi connectivity index (χ2v) is 5.68. The van der Waals surface area contributed by atoms with Gasteiger partial charge in [-0.15, -0.1) is 12.4 Å². The van der Waals surface area contributed by atoms with Gasteiger partial charge in [0.2, 0.25) is 5.91 Å². The molecule has 1 atom stereocenters. The lowest BCUT2D eigenvalue weighted by Crippen LogP contribution is -2.55. The summed E-state index contributed by atoms with van der Waals surface area (Å²) < 4.78 is 5.21. The Morgan fingerprint density at radius 2 is 2.00 bits per heavy atom. The van der Waals surface area contributed by atoms with Crippen molar-refractivity contribution in [2.75, 3.05) is 13.7 Å². The van der Waals surface area contributed by atoms with E-state index < -0.39 is 11.6 Å². The van der Waals surface area contributed by atoms with Gasteiger partial charge in [-0.1, -0.05) is 37.5 Å². The second kappa shape index (κ2) is 8.36. The van der Waals surface area contributed by atoms with Crippen LogP contribution in [0.2, 0.25) is 0 Å². The zero-order chi connectivity index (χ0) is 15.3. The summed E-state index contributed by atoms with van der Waals surface area (Å²) in [6.45, 7) is 0.137. The van der Waals surface area contributed by atoms with E-state index in [1.807, 2.05) is 12.1 Å². The molecule has 0 saturated heterocycles. The highest BCUT2D eigenvalue weighted by atomic mass is 35.5. The first-order valence-corrected chi connectivity index (χ1v) is 7.45. The molecule has 0 bridgehead atoms.